The van der Waals surface area contributed by atoms with Crippen molar-refractivity contribution in [1.82, 2.24) is 10.3 Å². The van der Waals surface area contributed by atoms with Gasteiger partial charge in [0.05, 0.1) is 0 Å². The van der Waals surface area contributed by atoms with Crippen molar-refractivity contribution in [3.05, 3.63) is 57.8 Å². The van der Waals surface area contributed by atoms with Crippen molar-refractivity contribution in [3.8, 4) is 0 Å². The minimum absolute atomic E-state index is 0.825. The SMILES string of the molecule is CNCc1cnc(C)cc1N(C)Cc1cccc(Br)c1. The second-order valence-electron chi connectivity index (χ2n) is 4.97. The third-order valence-corrected chi connectivity index (χ3v) is 3.68. The molecule has 0 saturated carbocycles. The van der Waals surface area contributed by atoms with E-state index in [0.717, 1.165) is 23.3 Å². The van der Waals surface area contributed by atoms with Crippen LogP contribution in [0.25, 0.3) is 0 Å². The molecule has 0 unspecified atom stereocenters. The normalized spacial score (nSPS) is 10.6. The summed E-state index contributed by atoms with van der Waals surface area (Å²) in [5.74, 6) is 0. The third-order valence-electron chi connectivity index (χ3n) is 3.19. The molecule has 106 valence electrons. The first-order valence-corrected chi connectivity index (χ1v) is 7.45. The Kier molecular flexibility index (Phi) is 5.15. The minimum atomic E-state index is 0.825. The fourth-order valence-corrected chi connectivity index (χ4v) is 2.70. The molecule has 0 saturated heterocycles. The van der Waals surface area contributed by atoms with Gasteiger partial charge in [-0.1, -0.05) is 28.1 Å². The van der Waals surface area contributed by atoms with Gasteiger partial charge in [0, 0.05) is 47.8 Å². The summed E-state index contributed by atoms with van der Waals surface area (Å²) < 4.78 is 1.12. The van der Waals surface area contributed by atoms with E-state index in [1.165, 1.54) is 16.8 Å². The molecule has 0 aliphatic heterocycles. The maximum Gasteiger partial charge on any atom is 0.0445 e. The first-order valence-electron chi connectivity index (χ1n) is 6.66. The summed E-state index contributed by atoms with van der Waals surface area (Å²) in [6.07, 6.45) is 1.96. The van der Waals surface area contributed by atoms with Gasteiger partial charge in [-0.25, -0.2) is 0 Å². The van der Waals surface area contributed by atoms with E-state index < -0.39 is 0 Å². The fourth-order valence-electron chi connectivity index (χ4n) is 2.25. The molecule has 3 nitrogen and oxygen atoms in total. The smallest absolute Gasteiger partial charge is 0.0445 e. The average Bonchev–Trinajstić information content (AvgIpc) is 2.41. The van der Waals surface area contributed by atoms with Crippen molar-refractivity contribution in [2.75, 3.05) is 19.0 Å². The molecule has 2 rings (SSSR count). The van der Waals surface area contributed by atoms with E-state index >= 15 is 0 Å². The van der Waals surface area contributed by atoms with E-state index in [1.54, 1.807) is 0 Å². The Balaban J connectivity index is 2.23. The van der Waals surface area contributed by atoms with E-state index in [0.29, 0.717) is 0 Å². The number of rotatable bonds is 5. The van der Waals surface area contributed by atoms with E-state index in [2.05, 4.69) is 62.4 Å². The Hall–Kier alpha value is -1.39. The fraction of sp³-hybridized carbons (Fsp3) is 0.312. The Labute approximate surface area is 129 Å². The summed E-state index contributed by atoms with van der Waals surface area (Å²) in [5.41, 5.74) is 4.77. The van der Waals surface area contributed by atoms with Crippen molar-refractivity contribution in [3.63, 3.8) is 0 Å². The standard InChI is InChI=1S/C16H20BrN3/c1-12-7-16(14(9-18-2)10-19-12)20(3)11-13-5-4-6-15(17)8-13/h4-8,10,18H,9,11H2,1-3H3. The summed E-state index contributed by atoms with van der Waals surface area (Å²) in [6, 6.07) is 10.6. The highest BCUT2D eigenvalue weighted by atomic mass is 79.9. The van der Waals surface area contributed by atoms with Crippen molar-refractivity contribution in [2.24, 2.45) is 0 Å². The zero-order valence-corrected chi connectivity index (χ0v) is 13.7. The first kappa shape index (κ1) is 15.0. The number of hydrogen-bond acceptors (Lipinski definition) is 3. The summed E-state index contributed by atoms with van der Waals surface area (Å²) in [4.78, 5) is 6.65. The van der Waals surface area contributed by atoms with Crippen LogP contribution in [0.4, 0.5) is 5.69 Å². The average molecular weight is 334 g/mol. The molecule has 0 fully saturated rings. The summed E-state index contributed by atoms with van der Waals surface area (Å²) in [6.45, 7) is 3.73. The zero-order chi connectivity index (χ0) is 14.5. The number of hydrogen-bond donors (Lipinski definition) is 1. The quantitative estimate of drug-likeness (QED) is 0.907. The topological polar surface area (TPSA) is 28.2 Å². The number of pyridine rings is 1. The molecule has 0 spiro atoms. The number of nitrogens with zero attached hydrogens (tertiary/aromatic N) is 2. The van der Waals surface area contributed by atoms with Crippen molar-refractivity contribution in [1.29, 1.82) is 0 Å². The van der Waals surface area contributed by atoms with Crippen molar-refractivity contribution < 1.29 is 0 Å². The number of halogens is 1. The summed E-state index contributed by atoms with van der Waals surface area (Å²) in [5, 5.41) is 3.20. The summed E-state index contributed by atoms with van der Waals surface area (Å²) in [7, 11) is 4.08. The predicted octanol–water partition coefficient (Wildman–Crippen LogP) is 3.51. The lowest BCUT2D eigenvalue weighted by atomic mass is 10.1. The van der Waals surface area contributed by atoms with Crippen LogP contribution in [0.2, 0.25) is 0 Å². The van der Waals surface area contributed by atoms with Gasteiger partial charge in [-0.05, 0) is 37.7 Å². The van der Waals surface area contributed by atoms with Crippen LogP contribution < -0.4 is 10.2 Å². The first-order chi connectivity index (χ1) is 9.60. The summed E-state index contributed by atoms with van der Waals surface area (Å²) >= 11 is 3.52. The second kappa shape index (κ2) is 6.86. The maximum absolute atomic E-state index is 4.39. The van der Waals surface area contributed by atoms with Crippen LogP contribution in [0.3, 0.4) is 0 Å². The van der Waals surface area contributed by atoms with Crippen molar-refractivity contribution >= 4 is 21.6 Å². The van der Waals surface area contributed by atoms with Crippen LogP contribution in [-0.2, 0) is 13.1 Å². The molecule has 0 bridgehead atoms. The molecule has 20 heavy (non-hydrogen) atoms. The molecule has 0 radical (unpaired) electrons. The molecule has 1 heterocycles. The number of nitrogens with one attached hydrogen (secondary N) is 1. The number of benzene rings is 1. The van der Waals surface area contributed by atoms with Gasteiger partial charge in [0.15, 0.2) is 0 Å². The lowest BCUT2D eigenvalue weighted by Crippen LogP contribution is -2.20. The largest absolute Gasteiger partial charge is 0.370 e. The molecule has 0 amide bonds. The van der Waals surface area contributed by atoms with Crippen LogP contribution in [0, 0.1) is 6.92 Å². The van der Waals surface area contributed by atoms with Gasteiger partial charge >= 0.3 is 0 Å². The molecule has 4 heteroatoms. The van der Waals surface area contributed by atoms with Gasteiger partial charge in [0.2, 0.25) is 0 Å². The number of aromatic nitrogens is 1. The van der Waals surface area contributed by atoms with E-state index in [1.807, 2.05) is 26.2 Å². The van der Waals surface area contributed by atoms with E-state index in [9.17, 15) is 0 Å². The Morgan fingerprint density at radius 2 is 2.10 bits per heavy atom. The van der Waals surface area contributed by atoms with Gasteiger partial charge in [-0.15, -0.1) is 0 Å². The Morgan fingerprint density at radius 3 is 2.80 bits per heavy atom. The molecule has 0 aliphatic rings. The Bertz CT molecular complexity index is 584. The number of anilines is 1. The molecular formula is C16H20BrN3. The molecule has 1 aromatic heterocycles. The van der Waals surface area contributed by atoms with Gasteiger partial charge in [-0.3, -0.25) is 4.98 Å². The highest BCUT2D eigenvalue weighted by molar-refractivity contribution is 9.10. The molecule has 1 aromatic carbocycles. The molecule has 0 atom stereocenters. The monoisotopic (exact) mass is 333 g/mol. The van der Waals surface area contributed by atoms with Crippen LogP contribution in [0.1, 0.15) is 16.8 Å². The van der Waals surface area contributed by atoms with E-state index in [4.69, 9.17) is 0 Å². The maximum atomic E-state index is 4.39. The van der Waals surface area contributed by atoms with Crippen LogP contribution in [0.15, 0.2) is 41.0 Å². The van der Waals surface area contributed by atoms with Gasteiger partial charge in [0.25, 0.3) is 0 Å². The van der Waals surface area contributed by atoms with Crippen LogP contribution in [0.5, 0.6) is 0 Å². The molecular weight excluding hydrogens is 314 g/mol. The van der Waals surface area contributed by atoms with Crippen molar-refractivity contribution in [2.45, 2.75) is 20.0 Å². The van der Waals surface area contributed by atoms with Gasteiger partial charge in [0.1, 0.15) is 0 Å². The van der Waals surface area contributed by atoms with Crippen LogP contribution >= 0.6 is 15.9 Å². The molecule has 0 aliphatic carbocycles. The molecule has 1 N–H and O–H groups in total. The van der Waals surface area contributed by atoms with Crippen LogP contribution in [-0.4, -0.2) is 19.1 Å². The Morgan fingerprint density at radius 1 is 1.30 bits per heavy atom. The highest BCUT2D eigenvalue weighted by Crippen LogP contribution is 2.22. The predicted molar refractivity (Wildman–Crippen MR) is 88.0 cm³/mol. The highest BCUT2D eigenvalue weighted by Gasteiger charge is 2.09. The minimum Gasteiger partial charge on any atom is -0.370 e. The van der Waals surface area contributed by atoms with Gasteiger partial charge < -0.3 is 10.2 Å². The van der Waals surface area contributed by atoms with Gasteiger partial charge in [-0.2, -0.15) is 0 Å². The lowest BCUT2D eigenvalue weighted by Gasteiger charge is -2.23. The lowest BCUT2D eigenvalue weighted by molar-refractivity contribution is 0.798. The number of aryl methyl sites for hydroxylation is 1. The van der Waals surface area contributed by atoms with E-state index in [-0.39, 0.29) is 0 Å². The molecule has 2 aromatic rings. The third kappa shape index (κ3) is 3.81. The second-order valence-corrected chi connectivity index (χ2v) is 5.89. The zero-order valence-electron chi connectivity index (χ0n) is 12.2.